The van der Waals surface area contributed by atoms with Gasteiger partial charge >= 0.3 is 0 Å². The van der Waals surface area contributed by atoms with Crippen molar-refractivity contribution < 1.29 is 13.5 Å². The minimum atomic E-state index is -3.51. The fraction of sp³-hybridized carbons (Fsp3) is 0.500. The number of piperidine rings is 1. The molecule has 2 aromatic carbocycles. The highest BCUT2D eigenvalue weighted by molar-refractivity contribution is 7.89. The number of likely N-dealkylation sites (tertiary alicyclic amines) is 1. The first-order valence-corrected chi connectivity index (χ1v) is 13.8. The summed E-state index contributed by atoms with van der Waals surface area (Å²) in [6.07, 6.45) is 3.04. The summed E-state index contributed by atoms with van der Waals surface area (Å²) in [7, 11) is -0.438. The van der Waals surface area contributed by atoms with Crippen LogP contribution < -0.4 is 5.32 Å². The molecule has 1 aliphatic rings. The van der Waals surface area contributed by atoms with Crippen LogP contribution in [0.15, 0.2) is 47.4 Å². The van der Waals surface area contributed by atoms with Crippen LogP contribution in [-0.2, 0) is 29.7 Å². The summed E-state index contributed by atoms with van der Waals surface area (Å²) in [5, 5.41) is 13.0. The number of hydrogen-bond donors (Lipinski definition) is 2. The standard InChI is InChI=1S/C26H37N5O3S/c1-4-13-31-25-10-9-22(35(33,34)29(2)3)16-24(25)28-26(31)17-27-23-8-6-5-7-21(23)18-30-14-11-20(19-32)12-15-30/h5-10,16,20,27,32H,4,11-15,17-19H2,1-3H3. The van der Waals surface area contributed by atoms with E-state index < -0.39 is 10.0 Å². The van der Waals surface area contributed by atoms with Gasteiger partial charge in [-0.15, -0.1) is 0 Å². The molecule has 1 saturated heterocycles. The van der Waals surface area contributed by atoms with Crippen molar-refractivity contribution in [2.45, 2.75) is 50.7 Å². The molecule has 8 nitrogen and oxygen atoms in total. The third-order valence-corrected chi connectivity index (χ3v) is 8.65. The molecule has 0 bridgehead atoms. The lowest BCUT2D eigenvalue weighted by atomic mass is 9.97. The van der Waals surface area contributed by atoms with Crippen LogP contribution in [-0.4, -0.2) is 66.1 Å². The molecular formula is C26H37N5O3S. The van der Waals surface area contributed by atoms with Gasteiger partial charge in [-0.25, -0.2) is 17.7 Å². The van der Waals surface area contributed by atoms with Gasteiger partial charge in [0, 0.05) is 39.5 Å². The highest BCUT2D eigenvalue weighted by Gasteiger charge is 2.21. The molecule has 3 aromatic rings. The van der Waals surface area contributed by atoms with Gasteiger partial charge in [-0.2, -0.15) is 0 Å². The molecule has 1 aromatic heterocycles. The van der Waals surface area contributed by atoms with Crippen LogP contribution in [0.2, 0.25) is 0 Å². The Morgan fingerprint density at radius 2 is 1.89 bits per heavy atom. The van der Waals surface area contributed by atoms with E-state index in [-0.39, 0.29) is 11.5 Å². The van der Waals surface area contributed by atoms with E-state index in [0.717, 1.165) is 62.5 Å². The molecule has 1 aliphatic heterocycles. The van der Waals surface area contributed by atoms with E-state index in [1.54, 1.807) is 12.1 Å². The van der Waals surface area contributed by atoms with Crippen molar-refractivity contribution >= 4 is 26.7 Å². The summed E-state index contributed by atoms with van der Waals surface area (Å²) in [6.45, 7) is 6.66. The maximum absolute atomic E-state index is 12.6. The molecule has 0 spiro atoms. The van der Waals surface area contributed by atoms with Gasteiger partial charge in [0.2, 0.25) is 10.0 Å². The fourth-order valence-corrected chi connectivity index (χ4v) is 5.63. The third-order valence-electron chi connectivity index (χ3n) is 6.84. The first kappa shape index (κ1) is 25.6. The Bertz CT molecular complexity index is 1250. The zero-order valence-corrected chi connectivity index (χ0v) is 21.8. The molecule has 0 radical (unpaired) electrons. The van der Waals surface area contributed by atoms with Crippen molar-refractivity contribution in [3.8, 4) is 0 Å². The van der Waals surface area contributed by atoms with Crippen molar-refractivity contribution in [2.24, 2.45) is 5.92 Å². The predicted molar refractivity (Wildman–Crippen MR) is 140 cm³/mol. The number of nitrogens with zero attached hydrogens (tertiary/aromatic N) is 4. The topological polar surface area (TPSA) is 90.7 Å². The number of fused-ring (bicyclic) bond motifs is 1. The largest absolute Gasteiger partial charge is 0.396 e. The van der Waals surface area contributed by atoms with Gasteiger partial charge in [-0.1, -0.05) is 25.1 Å². The number of aliphatic hydroxyl groups excluding tert-OH is 1. The molecule has 2 heterocycles. The second kappa shape index (κ2) is 11.1. The maximum atomic E-state index is 12.6. The Kier molecular flexibility index (Phi) is 8.11. The van der Waals surface area contributed by atoms with Crippen LogP contribution in [0.3, 0.4) is 0 Å². The van der Waals surface area contributed by atoms with Crippen molar-refractivity contribution in [2.75, 3.05) is 39.1 Å². The minimum Gasteiger partial charge on any atom is -0.396 e. The molecule has 0 aliphatic carbocycles. The number of para-hydroxylation sites is 1. The van der Waals surface area contributed by atoms with Gasteiger partial charge < -0.3 is 15.0 Å². The van der Waals surface area contributed by atoms with Crippen LogP contribution in [0.4, 0.5) is 5.69 Å². The molecule has 1 fully saturated rings. The first-order valence-electron chi connectivity index (χ1n) is 12.4. The summed E-state index contributed by atoms with van der Waals surface area (Å²) in [5.41, 5.74) is 3.97. The molecule has 35 heavy (non-hydrogen) atoms. The van der Waals surface area contributed by atoms with E-state index in [4.69, 9.17) is 4.98 Å². The smallest absolute Gasteiger partial charge is 0.242 e. The Balaban J connectivity index is 1.54. The number of aryl methyl sites for hydroxylation is 1. The van der Waals surface area contributed by atoms with E-state index >= 15 is 0 Å². The first-order chi connectivity index (χ1) is 16.8. The summed E-state index contributed by atoms with van der Waals surface area (Å²) in [6, 6.07) is 13.6. The van der Waals surface area contributed by atoms with E-state index in [1.165, 1.54) is 24.0 Å². The van der Waals surface area contributed by atoms with Gasteiger partial charge in [0.15, 0.2) is 0 Å². The highest BCUT2D eigenvalue weighted by Crippen LogP contribution is 2.25. The fourth-order valence-electron chi connectivity index (χ4n) is 4.71. The number of imidazole rings is 1. The van der Waals surface area contributed by atoms with Crippen molar-refractivity contribution in [1.29, 1.82) is 0 Å². The second-order valence-electron chi connectivity index (χ2n) is 9.53. The molecule has 190 valence electrons. The van der Waals surface area contributed by atoms with Gasteiger partial charge in [-0.3, -0.25) is 4.90 Å². The van der Waals surface area contributed by atoms with Crippen LogP contribution in [0.5, 0.6) is 0 Å². The van der Waals surface area contributed by atoms with E-state index in [9.17, 15) is 13.5 Å². The summed E-state index contributed by atoms with van der Waals surface area (Å²) < 4.78 is 28.6. The number of anilines is 1. The zero-order valence-electron chi connectivity index (χ0n) is 20.9. The SMILES string of the molecule is CCCn1c(CNc2ccccc2CN2CCC(CO)CC2)nc2cc(S(=O)(=O)N(C)C)ccc21. The summed E-state index contributed by atoms with van der Waals surface area (Å²) in [4.78, 5) is 7.53. The van der Waals surface area contributed by atoms with Crippen molar-refractivity contribution in [3.63, 3.8) is 0 Å². The molecular weight excluding hydrogens is 462 g/mol. The molecule has 0 atom stereocenters. The minimum absolute atomic E-state index is 0.256. The van der Waals surface area contributed by atoms with E-state index in [2.05, 4.69) is 39.9 Å². The average Bonchev–Trinajstić information content (AvgIpc) is 3.20. The van der Waals surface area contributed by atoms with Crippen molar-refractivity contribution in [1.82, 2.24) is 18.8 Å². The quantitative estimate of drug-likeness (QED) is 0.444. The number of sulfonamides is 1. The van der Waals surface area contributed by atoms with E-state index in [0.29, 0.717) is 18.0 Å². The van der Waals surface area contributed by atoms with Gasteiger partial charge in [-0.05, 0) is 68.1 Å². The van der Waals surface area contributed by atoms with Gasteiger partial charge in [0.05, 0.1) is 22.5 Å². The Morgan fingerprint density at radius 1 is 1.14 bits per heavy atom. The number of aliphatic hydroxyl groups is 1. The van der Waals surface area contributed by atoms with Gasteiger partial charge in [0.25, 0.3) is 0 Å². The Labute approximate surface area is 208 Å². The molecule has 9 heteroatoms. The number of rotatable bonds is 10. The lowest BCUT2D eigenvalue weighted by Gasteiger charge is -2.31. The number of hydrogen-bond acceptors (Lipinski definition) is 6. The third kappa shape index (κ3) is 5.69. The zero-order chi connectivity index (χ0) is 25.0. The predicted octanol–water partition coefficient (Wildman–Crippen LogP) is 3.51. The lowest BCUT2D eigenvalue weighted by molar-refractivity contribution is 0.127. The van der Waals surface area contributed by atoms with Crippen LogP contribution in [0, 0.1) is 5.92 Å². The second-order valence-corrected chi connectivity index (χ2v) is 11.7. The van der Waals surface area contributed by atoms with Gasteiger partial charge in [0.1, 0.15) is 5.82 Å². The van der Waals surface area contributed by atoms with Crippen LogP contribution >= 0.6 is 0 Å². The molecule has 2 N–H and O–H groups in total. The number of aromatic nitrogens is 2. The van der Waals surface area contributed by atoms with E-state index in [1.807, 2.05) is 12.1 Å². The number of benzene rings is 2. The number of nitrogens with one attached hydrogen (secondary N) is 1. The maximum Gasteiger partial charge on any atom is 0.242 e. The van der Waals surface area contributed by atoms with Crippen molar-refractivity contribution in [3.05, 3.63) is 53.9 Å². The molecule has 0 amide bonds. The van der Waals surface area contributed by atoms with Crippen LogP contribution in [0.1, 0.15) is 37.6 Å². The summed E-state index contributed by atoms with van der Waals surface area (Å²) >= 11 is 0. The lowest BCUT2D eigenvalue weighted by Crippen LogP contribution is -2.34. The Hall–Kier alpha value is -2.46. The molecule has 4 rings (SSSR count). The molecule has 0 saturated carbocycles. The van der Waals surface area contributed by atoms with Crippen LogP contribution in [0.25, 0.3) is 11.0 Å². The monoisotopic (exact) mass is 499 g/mol. The molecule has 0 unspecified atom stereocenters. The summed E-state index contributed by atoms with van der Waals surface area (Å²) in [5.74, 6) is 1.32. The normalized spacial score (nSPS) is 15.8. The average molecular weight is 500 g/mol. The Morgan fingerprint density at radius 3 is 2.57 bits per heavy atom. The highest BCUT2D eigenvalue weighted by atomic mass is 32.2.